The average Bonchev–Trinajstić information content (AvgIpc) is 3.27. The SMILES string of the molecule is OCc1ccccc1Sc1ccccc1CNc1nc(N[C@@H]2c3ccccc3C[C@@H]2O)c2ccccc2n1. The van der Waals surface area contributed by atoms with E-state index in [2.05, 4.69) is 34.9 Å². The third-order valence-electron chi connectivity index (χ3n) is 6.87. The zero-order valence-electron chi connectivity index (χ0n) is 20.7. The van der Waals surface area contributed by atoms with Crippen LogP contribution in [-0.2, 0) is 19.6 Å². The zero-order chi connectivity index (χ0) is 25.9. The lowest BCUT2D eigenvalue weighted by Crippen LogP contribution is -2.22. The number of aromatic nitrogens is 2. The van der Waals surface area contributed by atoms with Crippen molar-refractivity contribution in [1.29, 1.82) is 0 Å². The van der Waals surface area contributed by atoms with Gasteiger partial charge in [0.2, 0.25) is 5.95 Å². The first kappa shape index (κ1) is 24.4. The van der Waals surface area contributed by atoms with Gasteiger partial charge in [-0.05, 0) is 46.5 Å². The van der Waals surface area contributed by atoms with Gasteiger partial charge in [-0.15, -0.1) is 0 Å². The van der Waals surface area contributed by atoms with Crippen molar-refractivity contribution in [3.63, 3.8) is 0 Å². The summed E-state index contributed by atoms with van der Waals surface area (Å²) in [5.41, 5.74) is 5.10. The second-order valence-electron chi connectivity index (χ2n) is 9.33. The Kier molecular flexibility index (Phi) is 6.96. The molecule has 0 unspecified atom stereocenters. The van der Waals surface area contributed by atoms with Gasteiger partial charge in [-0.3, -0.25) is 0 Å². The van der Waals surface area contributed by atoms with Crippen molar-refractivity contribution in [2.24, 2.45) is 0 Å². The molecule has 1 aliphatic carbocycles. The molecule has 0 amide bonds. The lowest BCUT2D eigenvalue weighted by atomic mass is 10.1. The lowest BCUT2D eigenvalue weighted by Gasteiger charge is -2.20. The van der Waals surface area contributed by atoms with Crippen LogP contribution in [0.4, 0.5) is 11.8 Å². The summed E-state index contributed by atoms with van der Waals surface area (Å²) in [6, 6.07) is 31.9. The van der Waals surface area contributed by atoms with Gasteiger partial charge in [0.1, 0.15) is 5.82 Å². The molecule has 0 saturated heterocycles. The highest BCUT2D eigenvalue weighted by Gasteiger charge is 2.31. The number of nitrogens with zero attached hydrogens (tertiary/aromatic N) is 2. The van der Waals surface area contributed by atoms with E-state index >= 15 is 0 Å². The Hall–Kier alpha value is -3.91. The number of hydrogen-bond donors (Lipinski definition) is 4. The van der Waals surface area contributed by atoms with E-state index in [-0.39, 0.29) is 12.6 Å². The summed E-state index contributed by atoms with van der Waals surface area (Å²) in [6.45, 7) is 0.543. The van der Waals surface area contributed by atoms with Crippen LogP contribution in [0, 0.1) is 0 Å². The van der Waals surface area contributed by atoms with Crippen LogP contribution in [0.2, 0.25) is 0 Å². The second kappa shape index (κ2) is 10.8. The predicted molar refractivity (Wildman–Crippen MR) is 152 cm³/mol. The Morgan fingerprint density at radius 3 is 2.32 bits per heavy atom. The first-order chi connectivity index (χ1) is 18.7. The van der Waals surface area contributed by atoms with Gasteiger partial charge >= 0.3 is 0 Å². The number of fused-ring (bicyclic) bond motifs is 2. The van der Waals surface area contributed by atoms with Crippen LogP contribution >= 0.6 is 11.8 Å². The molecule has 6 rings (SSSR count). The van der Waals surface area contributed by atoms with Gasteiger partial charge < -0.3 is 20.8 Å². The molecule has 6 nitrogen and oxygen atoms in total. The Labute approximate surface area is 225 Å². The third kappa shape index (κ3) is 4.96. The highest BCUT2D eigenvalue weighted by atomic mass is 32.2. The number of para-hydroxylation sites is 1. The van der Waals surface area contributed by atoms with Gasteiger partial charge in [0.15, 0.2) is 0 Å². The molecule has 4 aromatic carbocycles. The van der Waals surface area contributed by atoms with Crippen LogP contribution in [0.15, 0.2) is 107 Å². The maximum atomic E-state index is 10.8. The van der Waals surface area contributed by atoms with Crippen molar-refractivity contribution in [1.82, 2.24) is 9.97 Å². The van der Waals surface area contributed by atoms with Crippen molar-refractivity contribution < 1.29 is 10.2 Å². The van der Waals surface area contributed by atoms with E-state index in [1.807, 2.05) is 72.8 Å². The molecular formula is C31H28N4O2S. The Morgan fingerprint density at radius 2 is 1.47 bits per heavy atom. The summed E-state index contributed by atoms with van der Waals surface area (Å²) in [4.78, 5) is 11.7. The molecule has 1 heterocycles. The largest absolute Gasteiger partial charge is 0.392 e. The van der Waals surface area contributed by atoms with Crippen LogP contribution in [0.5, 0.6) is 0 Å². The van der Waals surface area contributed by atoms with Crippen LogP contribution < -0.4 is 10.6 Å². The van der Waals surface area contributed by atoms with Crippen LogP contribution in [0.3, 0.4) is 0 Å². The fourth-order valence-electron chi connectivity index (χ4n) is 4.94. The molecule has 7 heteroatoms. The van der Waals surface area contributed by atoms with Gasteiger partial charge in [-0.2, -0.15) is 4.98 Å². The molecule has 0 bridgehead atoms. The quantitative estimate of drug-likeness (QED) is 0.201. The van der Waals surface area contributed by atoms with Gasteiger partial charge in [0.25, 0.3) is 0 Å². The first-order valence-electron chi connectivity index (χ1n) is 12.7. The second-order valence-corrected chi connectivity index (χ2v) is 10.4. The third-order valence-corrected chi connectivity index (χ3v) is 8.11. The summed E-state index contributed by atoms with van der Waals surface area (Å²) < 4.78 is 0. The van der Waals surface area contributed by atoms with Gasteiger partial charge in [-0.1, -0.05) is 84.6 Å². The predicted octanol–water partition coefficient (Wildman–Crippen LogP) is 5.96. The summed E-state index contributed by atoms with van der Waals surface area (Å²) >= 11 is 1.64. The van der Waals surface area contributed by atoms with Crippen molar-refractivity contribution in [2.75, 3.05) is 10.6 Å². The molecule has 1 aromatic heterocycles. The number of hydrogen-bond acceptors (Lipinski definition) is 7. The smallest absolute Gasteiger partial charge is 0.225 e. The Bertz CT molecular complexity index is 1590. The number of benzene rings is 4. The minimum Gasteiger partial charge on any atom is -0.392 e. The Morgan fingerprint density at radius 1 is 0.789 bits per heavy atom. The van der Waals surface area contributed by atoms with Crippen LogP contribution in [0.25, 0.3) is 10.9 Å². The van der Waals surface area contributed by atoms with Crippen molar-refractivity contribution >= 4 is 34.4 Å². The molecule has 190 valence electrons. The van der Waals surface area contributed by atoms with Crippen molar-refractivity contribution in [2.45, 2.75) is 41.5 Å². The molecule has 0 saturated carbocycles. The molecule has 38 heavy (non-hydrogen) atoms. The van der Waals surface area contributed by atoms with E-state index in [0.29, 0.717) is 24.7 Å². The minimum absolute atomic E-state index is 0.00443. The summed E-state index contributed by atoms with van der Waals surface area (Å²) in [7, 11) is 0. The standard InChI is InChI=1S/C31H28N4O2S/c36-19-22-11-3-8-16-28(22)38-27-15-7-2-10-21(27)18-32-31-33-25-14-6-5-13-24(25)30(35-31)34-29-23-12-4-1-9-20(23)17-26(29)37/h1-16,26,29,36-37H,17-19H2,(H2,32,33,34,35)/t26-,29+/m0/s1. The Balaban J connectivity index is 1.27. The summed E-state index contributed by atoms with van der Waals surface area (Å²) in [5, 5.41) is 28.4. The molecule has 0 fully saturated rings. The summed E-state index contributed by atoms with van der Waals surface area (Å²) in [5.74, 6) is 1.21. The van der Waals surface area contributed by atoms with Gasteiger partial charge in [-0.25, -0.2) is 4.98 Å². The molecular weight excluding hydrogens is 492 g/mol. The average molecular weight is 521 g/mol. The normalized spacial score (nSPS) is 16.4. The number of aliphatic hydroxyl groups is 2. The first-order valence-corrected chi connectivity index (χ1v) is 13.5. The topological polar surface area (TPSA) is 90.3 Å². The maximum absolute atomic E-state index is 10.8. The lowest BCUT2D eigenvalue weighted by molar-refractivity contribution is 0.165. The summed E-state index contributed by atoms with van der Waals surface area (Å²) in [6.07, 6.45) is 0.0961. The van der Waals surface area contributed by atoms with Crippen LogP contribution in [0.1, 0.15) is 28.3 Å². The highest BCUT2D eigenvalue weighted by molar-refractivity contribution is 7.99. The van der Waals surface area contributed by atoms with E-state index in [0.717, 1.165) is 42.9 Å². The number of rotatable bonds is 8. The fraction of sp³-hybridized carbons (Fsp3) is 0.161. The maximum Gasteiger partial charge on any atom is 0.225 e. The number of nitrogens with one attached hydrogen (secondary N) is 2. The van der Waals surface area contributed by atoms with Gasteiger partial charge in [0, 0.05) is 28.1 Å². The molecule has 0 aliphatic heterocycles. The molecule has 1 aliphatic rings. The zero-order valence-corrected chi connectivity index (χ0v) is 21.5. The van der Waals surface area contributed by atoms with E-state index in [4.69, 9.17) is 9.97 Å². The highest BCUT2D eigenvalue weighted by Crippen LogP contribution is 2.36. The van der Waals surface area contributed by atoms with E-state index in [1.54, 1.807) is 11.8 Å². The van der Waals surface area contributed by atoms with Crippen molar-refractivity contribution in [3.05, 3.63) is 119 Å². The minimum atomic E-state index is -0.525. The molecule has 2 atom stereocenters. The monoisotopic (exact) mass is 520 g/mol. The van der Waals surface area contributed by atoms with E-state index in [1.165, 1.54) is 0 Å². The molecule has 4 N–H and O–H groups in total. The molecule has 5 aromatic rings. The fourth-order valence-corrected chi connectivity index (χ4v) is 6.00. The molecule has 0 spiro atoms. The van der Waals surface area contributed by atoms with Crippen molar-refractivity contribution in [3.8, 4) is 0 Å². The van der Waals surface area contributed by atoms with E-state index in [9.17, 15) is 10.2 Å². The number of aliphatic hydroxyl groups excluding tert-OH is 2. The van der Waals surface area contributed by atoms with Gasteiger partial charge in [0.05, 0.1) is 24.3 Å². The molecule has 0 radical (unpaired) electrons. The van der Waals surface area contributed by atoms with Crippen LogP contribution in [-0.4, -0.2) is 26.3 Å². The number of anilines is 2. The van der Waals surface area contributed by atoms with E-state index < -0.39 is 6.10 Å².